The van der Waals surface area contributed by atoms with Crippen molar-refractivity contribution < 1.29 is 14.3 Å². The van der Waals surface area contributed by atoms with E-state index in [1.165, 1.54) is 0 Å². The molecule has 1 aromatic heterocycles. The Balaban J connectivity index is 2.18. The standard InChI is InChI=1S/C16H25N3O3/c1-16(2)11-19(9-13(22-16)10-21-5)15(20)14-8-12(18(3)4)6-7-17-14/h6-8,13H,9-11H2,1-5H3/t13-/m0/s1. The van der Waals surface area contributed by atoms with Gasteiger partial charge in [-0.1, -0.05) is 0 Å². The quantitative estimate of drug-likeness (QED) is 0.842. The molecule has 0 radical (unpaired) electrons. The van der Waals surface area contributed by atoms with Crippen molar-refractivity contribution in [2.45, 2.75) is 25.6 Å². The van der Waals surface area contributed by atoms with Gasteiger partial charge in [0.15, 0.2) is 0 Å². The minimum Gasteiger partial charge on any atom is -0.382 e. The highest BCUT2D eigenvalue weighted by atomic mass is 16.5. The molecule has 1 atom stereocenters. The number of nitrogens with zero attached hydrogens (tertiary/aromatic N) is 3. The molecule has 0 unspecified atom stereocenters. The first kappa shape index (κ1) is 16.7. The van der Waals surface area contributed by atoms with Gasteiger partial charge >= 0.3 is 0 Å². The van der Waals surface area contributed by atoms with E-state index < -0.39 is 5.60 Å². The third-order valence-corrected chi connectivity index (χ3v) is 3.60. The van der Waals surface area contributed by atoms with Crippen molar-refractivity contribution in [3.8, 4) is 0 Å². The lowest BCUT2D eigenvalue weighted by atomic mass is 10.0. The Hall–Kier alpha value is -1.66. The van der Waals surface area contributed by atoms with Gasteiger partial charge in [-0.25, -0.2) is 0 Å². The first-order valence-corrected chi connectivity index (χ1v) is 7.42. The molecule has 1 fully saturated rings. The van der Waals surface area contributed by atoms with Crippen LogP contribution in [0.2, 0.25) is 0 Å². The van der Waals surface area contributed by atoms with Crippen LogP contribution in [0.15, 0.2) is 18.3 Å². The second-order valence-corrected chi connectivity index (χ2v) is 6.43. The van der Waals surface area contributed by atoms with Gasteiger partial charge in [-0.3, -0.25) is 9.78 Å². The molecule has 0 aromatic carbocycles. The van der Waals surface area contributed by atoms with Crippen molar-refractivity contribution >= 4 is 11.6 Å². The summed E-state index contributed by atoms with van der Waals surface area (Å²) in [5, 5.41) is 0. The maximum absolute atomic E-state index is 12.8. The molecule has 0 bridgehead atoms. The fourth-order valence-electron chi connectivity index (χ4n) is 2.70. The normalized spacial score (nSPS) is 20.8. The van der Waals surface area contributed by atoms with E-state index in [1.807, 2.05) is 45.0 Å². The summed E-state index contributed by atoms with van der Waals surface area (Å²) in [6.07, 6.45) is 1.55. The summed E-state index contributed by atoms with van der Waals surface area (Å²) in [6, 6.07) is 3.70. The number of hydrogen-bond acceptors (Lipinski definition) is 5. The van der Waals surface area contributed by atoms with E-state index in [1.54, 1.807) is 18.2 Å². The molecule has 0 N–H and O–H groups in total. The van der Waals surface area contributed by atoms with Crippen molar-refractivity contribution in [2.75, 3.05) is 45.8 Å². The topological polar surface area (TPSA) is 54.9 Å². The molecule has 0 saturated carbocycles. The molecule has 6 nitrogen and oxygen atoms in total. The van der Waals surface area contributed by atoms with Crippen molar-refractivity contribution in [1.29, 1.82) is 0 Å². The Morgan fingerprint density at radius 1 is 1.55 bits per heavy atom. The molecule has 6 heteroatoms. The van der Waals surface area contributed by atoms with Gasteiger partial charge < -0.3 is 19.3 Å². The Kier molecular flexibility index (Phi) is 5.03. The Bertz CT molecular complexity index is 531. The Labute approximate surface area is 132 Å². The zero-order valence-electron chi connectivity index (χ0n) is 14.0. The minimum atomic E-state index is -0.393. The molecule has 22 heavy (non-hydrogen) atoms. The third-order valence-electron chi connectivity index (χ3n) is 3.60. The largest absolute Gasteiger partial charge is 0.382 e. The van der Waals surface area contributed by atoms with Gasteiger partial charge in [0.2, 0.25) is 0 Å². The first-order valence-electron chi connectivity index (χ1n) is 7.42. The molecule has 1 amide bonds. The monoisotopic (exact) mass is 307 g/mol. The van der Waals surface area contributed by atoms with Crippen LogP contribution in [-0.4, -0.2) is 68.4 Å². The summed E-state index contributed by atoms with van der Waals surface area (Å²) in [7, 11) is 5.52. The van der Waals surface area contributed by atoms with Crippen LogP contribution in [0.1, 0.15) is 24.3 Å². The lowest BCUT2D eigenvalue weighted by Gasteiger charge is -2.42. The van der Waals surface area contributed by atoms with Crippen molar-refractivity contribution in [1.82, 2.24) is 9.88 Å². The Morgan fingerprint density at radius 2 is 2.27 bits per heavy atom. The number of amides is 1. The number of morpholine rings is 1. The molecule has 2 rings (SSSR count). The van der Waals surface area contributed by atoms with E-state index in [4.69, 9.17) is 9.47 Å². The third kappa shape index (κ3) is 3.96. The molecule has 1 saturated heterocycles. The number of aromatic nitrogens is 1. The van der Waals surface area contributed by atoms with E-state index in [-0.39, 0.29) is 12.0 Å². The van der Waals surface area contributed by atoms with Crippen LogP contribution in [0.4, 0.5) is 5.69 Å². The smallest absolute Gasteiger partial charge is 0.272 e. The van der Waals surface area contributed by atoms with Gasteiger partial charge in [-0.2, -0.15) is 0 Å². The van der Waals surface area contributed by atoms with E-state index >= 15 is 0 Å². The summed E-state index contributed by atoms with van der Waals surface area (Å²) >= 11 is 0. The second-order valence-electron chi connectivity index (χ2n) is 6.43. The highest BCUT2D eigenvalue weighted by molar-refractivity contribution is 5.93. The second kappa shape index (κ2) is 6.62. The summed E-state index contributed by atoms with van der Waals surface area (Å²) in [5.41, 5.74) is 1.02. The number of pyridine rings is 1. The zero-order chi connectivity index (χ0) is 16.3. The van der Waals surface area contributed by atoms with E-state index in [0.717, 1.165) is 5.69 Å². The highest BCUT2D eigenvalue weighted by Gasteiger charge is 2.36. The van der Waals surface area contributed by atoms with E-state index in [0.29, 0.717) is 25.4 Å². The predicted octanol–water partition coefficient (Wildman–Crippen LogP) is 1.41. The maximum atomic E-state index is 12.8. The van der Waals surface area contributed by atoms with Crippen LogP contribution in [0.3, 0.4) is 0 Å². The summed E-state index contributed by atoms with van der Waals surface area (Å²) in [4.78, 5) is 20.7. The van der Waals surface area contributed by atoms with Crippen molar-refractivity contribution in [3.05, 3.63) is 24.0 Å². The molecule has 1 aliphatic rings. The summed E-state index contributed by atoms with van der Waals surface area (Å²) < 4.78 is 11.1. The van der Waals surface area contributed by atoms with Crippen LogP contribution in [0.5, 0.6) is 0 Å². The molecule has 0 spiro atoms. The fraction of sp³-hybridized carbons (Fsp3) is 0.625. The highest BCUT2D eigenvalue weighted by Crippen LogP contribution is 2.23. The molecule has 122 valence electrons. The number of ether oxygens (including phenoxy) is 2. The van der Waals surface area contributed by atoms with Gasteiger partial charge in [0.1, 0.15) is 5.69 Å². The molecular formula is C16H25N3O3. The van der Waals surface area contributed by atoms with Gasteiger partial charge in [-0.05, 0) is 26.0 Å². The zero-order valence-corrected chi connectivity index (χ0v) is 14.0. The molecule has 0 aliphatic carbocycles. The van der Waals surface area contributed by atoms with Gasteiger partial charge in [-0.15, -0.1) is 0 Å². The van der Waals surface area contributed by atoms with Crippen LogP contribution in [0, 0.1) is 0 Å². The average Bonchev–Trinajstić information content (AvgIpc) is 2.45. The van der Waals surface area contributed by atoms with E-state index in [9.17, 15) is 4.79 Å². The van der Waals surface area contributed by atoms with Crippen LogP contribution in [0.25, 0.3) is 0 Å². The molecule has 1 aromatic rings. The first-order chi connectivity index (χ1) is 10.3. The van der Waals surface area contributed by atoms with Gasteiger partial charge in [0.05, 0.1) is 18.3 Å². The summed E-state index contributed by atoms with van der Waals surface area (Å²) in [6.45, 7) is 5.50. The van der Waals surface area contributed by atoms with E-state index in [2.05, 4.69) is 4.98 Å². The number of anilines is 1. The maximum Gasteiger partial charge on any atom is 0.272 e. The lowest BCUT2D eigenvalue weighted by molar-refractivity contribution is -0.143. The summed E-state index contributed by atoms with van der Waals surface area (Å²) in [5.74, 6) is -0.0684. The van der Waals surface area contributed by atoms with Gasteiger partial charge in [0.25, 0.3) is 5.91 Å². The lowest BCUT2D eigenvalue weighted by Crippen LogP contribution is -2.55. The molecular weight excluding hydrogens is 282 g/mol. The fourth-order valence-corrected chi connectivity index (χ4v) is 2.70. The SMILES string of the molecule is COC[C@@H]1CN(C(=O)c2cc(N(C)C)ccn2)CC(C)(C)O1. The number of rotatable bonds is 4. The minimum absolute atomic E-state index is 0.0684. The average molecular weight is 307 g/mol. The predicted molar refractivity (Wildman–Crippen MR) is 85.3 cm³/mol. The van der Waals surface area contributed by atoms with Crippen molar-refractivity contribution in [2.24, 2.45) is 0 Å². The number of hydrogen-bond donors (Lipinski definition) is 0. The van der Waals surface area contributed by atoms with Crippen LogP contribution in [-0.2, 0) is 9.47 Å². The van der Waals surface area contributed by atoms with Gasteiger partial charge in [0, 0.05) is 46.2 Å². The number of methoxy groups -OCH3 is 1. The molecule has 1 aliphatic heterocycles. The Morgan fingerprint density at radius 3 is 2.91 bits per heavy atom. The number of carbonyl (C=O) groups is 1. The number of carbonyl (C=O) groups excluding carboxylic acids is 1. The van der Waals surface area contributed by atoms with Crippen molar-refractivity contribution in [3.63, 3.8) is 0 Å². The van der Waals surface area contributed by atoms with Crippen LogP contribution < -0.4 is 4.90 Å². The molecule has 2 heterocycles. The van der Waals surface area contributed by atoms with Crippen LogP contribution >= 0.6 is 0 Å².